The second-order valence-electron chi connectivity index (χ2n) is 4.40. The summed E-state index contributed by atoms with van der Waals surface area (Å²) >= 11 is 0. The first-order valence-corrected chi connectivity index (χ1v) is 5.43. The molecule has 2 atom stereocenters. The molecule has 1 saturated carbocycles. The Kier molecular flexibility index (Phi) is 2.00. The Labute approximate surface area is 97.3 Å². The van der Waals surface area contributed by atoms with E-state index in [1.807, 2.05) is 0 Å². The van der Waals surface area contributed by atoms with Crippen LogP contribution in [0, 0.1) is 17.8 Å². The minimum atomic E-state index is -0.396. The Morgan fingerprint density at radius 1 is 1.12 bits per heavy atom. The molecular weight excluding hydrogens is 222 g/mol. The van der Waals surface area contributed by atoms with Crippen molar-refractivity contribution in [1.82, 2.24) is 0 Å². The van der Waals surface area contributed by atoms with Crippen LogP contribution in [0.4, 0.5) is 5.69 Å². The van der Waals surface area contributed by atoms with Gasteiger partial charge in [0, 0.05) is 12.5 Å². The molecule has 0 spiro atoms. The van der Waals surface area contributed by atoms with Gasteiger partial charge in [0.05, 0.1) is 17.5 Å². The SMILES string of the molecule is O=C1C2C(CO)C2C(=O)N1c1ccccc1O. The van der Waals surface area contributed by atoms with Crippen molar-refractivity contribution >= 4 is 17.5 Å². The first-order valence-electron chi connectivity index (χ1n) is 5.43. The minimum absolute atomic E-state index is 0.0870. The zero-order chi connectivity index (χ0) is 12.2. The molecule has 2 amide bonds. The third kappa shape index (κ3) is 1.23. The molecule has 1 heterocycles. The number of para-hydroxylation sites is 2. The first-order chi connectivity index (χ1) is 8.16. The van der Waals surface area contributed by atoms with Crippen LogP contribution >= 0.6 is 0 Å². The number of rotatable bonds is 2. The van der Waals surface area contributed by atoms with Gasteiger partial charge in [0.1, 0.15) is 5.75 Å². The molecule has 0 bridgehead atoms. The van der Waals surface area contributed by atoms with Gasteiger partial charge in [-0.15, -0.1) is 0 Å². The van der Waals surface area contributed by atoms with Gasteiger partial charge in [-0.3, -0.25) is 9.59 Å². The van der Waals surface area contributed by atoms with Crippen molar-refractivity contribution < 1.29 is 19.8 Å². The van der Waals surface area contributed by atoms with E-state index >= 15 is 0 Å². The van der Waals surface area contributed by atoms with Crippen LogP contribution in [0.15, 0.2) is 24.3 Å². The van der Waals surface area contributed by atoms with Gasteiger partial charge in [-0.2, -0.15) is 0 Å². The summed E-state index contributed by atoms with van der Waals surface area (Å²) in [6, 6.07) is 6.25. The number of benzene rings is 1. The molecule has 2 fully saturated rings. The number of imide groups is 1. The van der Waals surface area contributed by atoms with Crippen molar-refractivity contribution in [1.29, 1.82) is 0 Å². The van der Waals surface area contributed by atoms with E-state index in [2.05, 4.69) is 0 Å². The standard InChI is InChI=1S/C12H11NO4/c14-5-6-9-10(6)12(17)13(11(9)16)7-3-1-2-4-8(7)15/h1-4,6,9-10,14-15H,5H2. The van der Waals surface area contributed by atoms with E-state index in [0.717, 1.165) is 4.90 Å². The number of amides is 2. The van der Waals surface area contributed by atoms with Crippen molar-refractivity contribution in [2.24, 2.45) is 17.8 Å². The number of carbonyl (C=O) groups excluding carboxylic acids is 2. The largest absolute Gasteiger partial charge is 0.506 e. The molecule has 5 heteroatoms. The van der Waals surface area contributed by atoms with E-state index in [-0.39, 0.29) is 35.8 Å². The Morgan fingerprint density at radius 2 is 1.71 bits per heavy atom. The number of aliphatic hydroxyl groups is 1. The van der Waals surface area contributed by atoms with Gasteiger partial charge < -0.3 is 10.2 Å². The van der Waals surface area contributed by atoms with Crippen molar-refractivity contribution in [2.75, 3.05) is 11.5 Å². The van der Waals surface area contributed by atoms with Crippen LogP contribution in [0.3, 0.4) is 0 Å². The Morgan fingerprint density at radius 3 is 2.24 bits per heavy atom. The molecule has 1 aromatic rings. The molecule has 1 aliphatic carbocycles. The Bertz CT molecular complexity index is 491. The van der Waals surface area contributed by atoms with Gasteiger partial charge in [0.15, 0.2) is 0 Å². The summed E-state index contributed by atoms with van der Waals surface area (Å²) in [5.41, 5.74) is 0.228. The molecule has 2 aliphatic rings. The average Bonchev–Trinajstić information content (AvgIpc) is 2.99. The molecule has 3 rings (SSSR count). The molecule has 1 aliphatic heterocycles. The van der Waals surface area contributed by atoms with Crippen LogP contribution in [0.5, 0.6) is 5.75 Å². The lowest BCUT2D eigenvalue weighted by molar-refractivity contribution is -0.124. The van der Waals surface area contributed by atoms with Gasteiger partial charge in [0.25, 0.3) is 0 Å². The van der Waals surface area contributed by atoms with Crippen LogP contribution in [-0.2, 0) is 9.59 Å². The summed E-state index contributed by atoms with van der Waals surface area (Å²) in [5, 5.41) is 18.6. The second-order valence-corrected chi connectivity index (χ2v) is 4.40. The Hall–Kier alpha value is -1.88. The number of aromatic hydroxyl groups is 1. The highest BCUT2D eigenvalue weighted by atomic mass is 16.3. The number of hydrogen-bond acceptors (Lipinski definition) is 4. The number of aliphatic hydroxyl groups excluding tert-OH is 1. The molecule has 2 N–H and O–H groups in total. The van der Waals surface area contributed by atoms with Gasteiger partial charge >= 0.3 is 0 Å². The molecule has 0 radical (unpaired) electrons. The fourth-order valence-corrected chi connectivity index (χ4v) is 2.57. The molecule has 1 saturated heterocycles. The maximum Gasteiger partial charge on any atom is 0.238 e. The summed E-state index contributed by atoms with van der Waals surface area (Å²) in [5.74, 6) is -1.74. The first kappa shape index (κ1) is 10.3. The zero-order valence-corrected chi connectivity index (χ0v) is 8.91. The third-order valence-corrected chi connectivity index (χ3v) is 3.51. The predicted octanol–water partition coefficient (Wildman–Crippen LogP) is 0.120. The number of phenols is 1. The molecule has 1 aromatic carbocycles. The number of nitrogens with zero attached hydrogens (tertiary/aromatic N) is 1. The maximum atomic E-state index is 12.0. The maximum absolute atomic E-state index is 12.0. The van der Waals surface area contributed by atoms with E-state index in [1.54, 1.807) is 12.1 Å². The normalized spacial score (nSPS) is 30.6. The van der Waals surface area contributed by atoms with Gasteiger partial charge in [-0.1, -0.05) is 12.1 Å². The van der Waals surface area contributed by atoms with Crippen molar-refractivity contribution in [2.45, 2.75) is 0 Å². The predicted molar refractivity (Wildman–Crippen MR) is 58.2 cm³/mol. The number of carbonyl (C=O) groups is 2. The van der Waals surface area contributed by atoms with Crippen molar-refractivity contribution in [3.63, 3.8) is 0 Å². The van der Waals surface area contributed by atoms with Gasteiger partial charge in [-0.25, -0.2) is 4.90 Å². The summed E-state index contributed by atoms with van der Waals surface area (Å²) < 4.78 is 0. The van der Waals surface area contributed by atoms with Crippen LogP contribution in [-0.4, -0.2) is 28.6 Å². The lowest BCUT2D eigenvalue weighted by Gasteiger charge is -2.18. The molecular formula is C12H11NO4. The number of piperidine rings is 1. The van der Waals surface area contributed by atoms with Gasteiger partial charge in [0.2, 0.25) is 11.8 Å². The highest BCUT2D eigenvalue weighted by Crippen LogP contribution is 2.54. The third-order valence-electron chi connectivity index (χ3n) is 3.51. The summed E-state index contributed by atoms with van der Waals surface area (Å²) in [6.07, 6.45) is 0. The number of anilines is 1. The molecule has 17 heavy (non-hydrogen) atoms. The molecule has 88 valence electrons. The topological polar surface area (TPSA) is 77.8 Å². The van der Waals surface area contributed by atoms with Crippen LogP contribution < -0.4 is 4.90 Å². The minimum Gasteiger partial charge on any atom is -0.506 e. The Balaban J connectivity index is 1.96. The van der Waals surface area contributed by atoms with E-state index in [9.17, 15) is 14.7 Å². The fourth-order valence-electron chi connectivity index (χ4n) is 2.57. The van der Waals surface area contributed by atoms with E-state index in [4.69, 9.17) is 5.11 Å². The van der Waals surface area contributed by atoms with Crippen LogP contribution in [0.1, 0.15) is 0 Å². The average molecular weight is 233 g/mol. The lowest BCUT2D eigenvalue weighted by atomic mass is 10.2. The smallest absolute Gasteiger partial charge is 0.238 e. The van der Waals surface area contributed by atoms with Gasteiger partial charge in [-0.05, 0) is 12.1 Å². The highest BCUT2D eigenvalue weighted by molar-refractivity contribution is 6.25. The lowest BCUT2D eigenvalue weighted by Crippen LogP contribution is -2.35. The number of phenolic OH excluding ortho intramolecular Hbond substituents is 1. The fraction of sp³-hybridized carbons (Fsp3) is 0.333. The summed E-state index contributed by atoms with van der Waals surface area (Å²) in [6.45, 7) is -0.137. The van der Waals surface area contributed by atoms with Crippen LogP contribution in [0.2, 0.25) is 0 Å². The quantitative estimate of drug-likeness (QED) is 0.711. The number of hydrogen-bond donors (Lipinski definition) is 2. The second kappa shape index (κ2) is 3.30. The van der Waals surface area contributed by atoms with Crippen LogP contribution in [0.25, 0.3) is 0 Å². The van der Waals surface area contributed by atoms with E-state index in [0.29, 0.717) is 0 Å². The zero-order valence-electron chi connectivity index (χ0n) is 8.91. The van der Waals surface area contributed by atoms with Crippen molar-refractivity contribution in [3.05, 3.63) is 24.3 Å². The number of fused-ring (bicyclic) bond motifs is 1. The van der Waals surface area contributed by atoms with Crippen molar-refractivity contribution in [3.8, 4) is 5.75 Å². The highest BCUT2D eigenvalue weighted by Gasteiger charge is 2.67. The summed E-state index contributed by atoms with van der Waals surface area (Å²) in [4.78, 5) is 24.9. The van der Waals surface area contributed by atoms with E-state index in [1.165, 1.54) is 12.1 Å². The monoisotopic (exact) mass is 233 g/mol. The molecule has 5 nitrogen and oxygen atoms in total. The van der Waals surface area contributed by atoms with E-state index < -0.39 is 11.8 Å². The molecule has 0 aromatic heterocycles. The summed E-state index contributed by atoms with van der Waals surface area (Å²) in [7, 11) is 0. The molecule has 2 unspecified atom stereocenters.